The van der Waals surface area contributed by atoms with Crippen molar-refractivity contribution in [2.75, 3.05) is 0 Å². The fraction of sp³-hybridized carbons (Fsp3) is 0.158. The van der Waals surface area contributed by atoms with E-state index in [1.165, 1.54) is 12.1 Å². The number of hydrogen-bond acceptors (Lipinski definition) is 5. The van der Waals surface area contributed by atoms with Crippen molar-refractivity contribution in [1.82, 2.24) is 15.6 Å². The Labute approximate surface area is 156 Å². The van der Waals surface area contributed by atoms with E-state index in [2.05, 4.69) is 20.6 Å². The quantitative estimate of drug-likeness (QED) is 0.289. The van der Waals surface area contributed by atoms with Gasteiger partial charge in [-0.1, -0.05) is 18.2 Å². The molecule has 0 saturated carbocycles. The fourth-order valence-corrected chi connectivity index (χ4v) is 2.33. The molecule has 3 rings (SSSR count). The third kappa shape index (κ3) is 5.67. The molecule has 3 aromatic rings. The van der Waals surface area contributed by atoms with Crippen molar-refractivity contribution in [3.63, 3.8) is 0 Å². The number of rotatable bonds is 7. The number of nitro groups is 1. The number of non-ortho nitro benzene ring substituents is 1. The summed E-state index contributed by atoms with van der Waals surface area (Å²) in [5.41, 5.74) is 1.82. The van der Waals surface area contributed by atoms with Gasteiger partial charge in [0.15, 0.2) is 5.96 Å². The molecule has 2 heterocycles. The minimum atomic E-state index is -0.419. The number of nitrogens with zero attached hydrogens (tertiary/aromatic N) is 3. The summed E-state index contributed by atoms with van der Waals surface area (Å²) < 4.78 is 5.32. The molecule has 27 heavy (non-hydrogen) atoms. The lowest BCUT2D eigenvalue weighted by atomic mass is 10.2. The highest BCUT2D eigenvalue weighted by Crippen LogP contribution is 2.12. The Kier molecular flexibility index (Phi) is 6.13. The van der Waals surface area contributed by atoms with Crippen molar-refractivity contribution in [3.8, 4) is 0 Å². The molecule has 0 aliphatic heterocycles. The first-order chi connectivity index (χ1) is 13.2. The standard InChI is InChI=1S/C19H19N5O3/c25-24(26)17-8-6-15(7-9-17)12-21-19(23-14-18-5-3-11-27-18)22-13-16-4-1-2-10-20-16/h1-11H,12-14H2,(H2,21,22,23). The van der Waals surface area contributed by atoms with Gasteiger partial charge in [0.2, 0.25) is 0 Å². The second kappa shape index (κ2) is 9.14. The molecule has 8 heteroatoms. The molecule has 8 nitrogen and oxygen atoms in total. The van der Waals surface area contributed by atoms with Gasteiger partial charge in [-0.3, -0.25) is 15.1 Å². The zero-order valence-electron chi connectivity index (χ0n) is 14.5. The Balaban J connectivity index is 1.65. The topological polar surface area (TPSA) is 106 Å². The SMILES string of the molecule is O=[N+]([O-])c1ccc(CN=C(NCc2ccccn2)NCc2ccco2)cc1. The van der Waals surface area contributed by atoms with Crippen LogP contribution in [0.25, 0.3) is 0 Å². The molecule has 0 fully saturated rings. The molecule has 0 bridgehead atoms. The first-order valence-corrected chi connectivity index (χ1v) is 8.38. The Hall–Kier alpha value is -3.68. The second-order valence-corrected chi connectivity index (χ2v) is 5.70. The summed E-state index contributed by atoms with van der Waals surface area (Å²) in [7, 11) is 0. The van der Waals surface area contributed by atoms with Crippen molar-refractivity contribution in [2.45, 2.75) is 19.6 Å². The van der Waals surface area contributed by atoms with E-state index in [-0.39, 0.29) is 5.69 Å². The van der Waals surface area contributed by atoms with E-state index in [1.807, 2.05) is 30.3 Å². The van der Waals surface area contributed by atoms with E-state index in [9.17, 15) is 10.1 Å². The van der Waals surface area contributed by atoms with E-state index in [4.69, 9.17) is 4.42 Å². The summed E-state index contributed by atoms with van der Waals surface area (Å²) in [5, 5.41) is 17.2. The van der Waals surface area contributed by atoms with Crippen LogP contribution in [0.3, 0.4) is 0 Å². The average molecular weight is 365 g/mol. The van der Waals surface area contributed by atoms with Crippen molar-refractivity contribution < 1.29 is 9.34 Å². The zero-order valence-corrected chi connectivity index (χ0v) is 14.5. The van der Waals surface area contributed by atoms with E-state index in [1.54, 1.807) is 24.6 Å². The van der Waals surface area contributed by atoms with Gasteiger partial charge in [-0.25, -0.2) is 4.99 Å². The minimum Gasteiger partial charge on any atom is -0.467 e. The van der Waals surface area contributed by atoms with Crippen LogP contribution in [0, 0.1) is 10.1 Å². The Bertz CT molecular complexity index is 877. The molecular weight excluding hydrogens is 346 g/mol. The molecule has 0 radical (unpaired) electrons. The molecule has 2 N–H and O–H groups in total. The molecule has 0 spiro atoms. The number of aromatic nitrogens is 1. The first kappa shape index (κ1) is 18.1. The predicted molar refractivity (Wildman–Crippen MR) is 101 cm³/mol. The molecule has 0 unspecified atom stereocenters. The average Bonchev–Trinajstić information content (AvgIpc) is 3.22. The van der Waals surface area contributed by atoms with Crippen molar-refractivity contribution in [2.24, 2.45) is 4.99 Å². The maximum absolute atomic E-state index is 10.7. The summed E-state index contributed by atoms with van der Waals surface area (Å²) >= 11 is 0. The van der Waals surface area contributed by atoms with Crippen LogP contribution in [0.4, 0.5) is 5.69 Å². The van der Waals surface area contributed by atoms with E-state index in [0.717, 1.165) is 17.0 Å². The molecule has 2 aromatic heterocycles. The van der Waals surface area contributed by atoms with Crippen LogP contribution in [0.1, 0.15) is 17.0 Å². The van der Waals surface area contributed by atoms with Gasteiger partial charge in [0.05, 0.1) is 36.5 Å². The molecule has 0 aliphatic rings. The Morgan fingerprint density at radius 3 is 2.56 bits per heavy atom. The lowest BCUT2D eigenvalue weighted by Gasteiger charge is -2.11. The number of hydrogen-bond donors (Lipinski definition) is 2. The number of nitrogens with one attached hydrogen (secondary N) is 2. The highest BCUT2D eigenvalue weighted by molar-refractivity contribution is 5.79. The molecule has 138 valence electrons. The highest BCUT2D eigenvalue weighted by atomic mass is 16.6. The van der Waals surface area contributed by atoms with Crippen molar-refractivity contribution in [3.05, 3.63) is 94.2 Å². The molecule has 0 atom stereocenters. The van der Waals surface area contributed by atoms with Crippen LogP contribution in [0.5, 0.6) is 0 Å². The van der Waals surface area contributed by atoms with Crippen LogP contribution in [-0.4, -0.2) is 15.9 Å². The Morgan fingerprint density at radius 2 is 1.89 bits per heavy atom. The summed E-state index contributed by atoms with van der Waals surface area (Å²) in [5.74, 6) is 1.38. The van der Waals surface area contributed by atoms with Gasteiger partial charge in [-0.15, -0.1) is 0 Å². The van der Waals surface area contributed by atoms with Gasteiger partial charge in [-0.05, 0) is 29.8 Å². The third-order valence-electron chi connectivity index (χ3n) is 3.74. The fourth-order valence-electron chi connectivity index (χ4n) is 2.33. The number of nitro benzene ring substituents is 1. The predicted octanol–water partition coefficient (Wildman–Crippen LogP) is 3.02. The lowest BCUT2D eigenvalue weighted by Crippen LogP contribution is -2.36. The van der Waals surface area contributed by atoms with Gasteiger partial charge in [0, 0.05) is 18.3 Å². The molecular formula is C19H19N5O3. The number of guanidine groups is 1. The zero-order chi connectivity index (χ0) is 18.9. The third-order valence-corrected chi connectivity index (χ3v) is 3.74. The van der Waals surface area contributed by atoms with Crippen LogP contribution in [0.2, 0.25) is 0 Å². The Morgan fingerprint density at radius 1 is 1.07 bits per heavy atom. The smallest absolute Gasteiger partial charge is 0.269 e. The normalized spacial score (nSPS) is 11.2. The number of furan rings is 1. The van der Waals surface area contributed by atoms with Gasteiger partial charge >= 0.3 is 0 Å². The van der Waals surface area contributed by atoms with Gasteiger partial charge in [0.1, 0.15) is 5.76 Å². The maximum atomic E-state index is 10.7. The maximum Gasteiger partial charge on any atom is 0.269 e. The molecule has 1 aromatic carbocycles. The monoisotopic (exact) mass is 365 g/mol. The van der Waals surface area contributed by atoms with Crippen LogP contribution >= 0.6 is 0 Å². The number of benzene rings is 1. The minimum absolute atomic E-state index is 0.0622. The van der Waals surface area contributed by atoms with Crippen molar-refractivity contribution in [1.29, 1.82) is 0 Å². The van der Waals surface area contributed by atoms with Gasteiger partial charge in [0.25, 0.3) is 5.69 Å². The molecule has 0 saturated heterocycles. The van der Waals surface area contributed by atoms with E-state index in [0.29, 0.717) is 25.6 Å². The van der Waals surface area contributed by atoms with E-state index >= 15 is 0 Å². The van der Waals surface area contributed by atoms with Gasteiger partial charge in [-0.2, -0.15) is 0 Å². The van der Waals surface area contributed by atoms with Crippen LogP contribution < -0.4 is 10.6 Å². The molecule has 0 aliphatic carbocycles. The highest BCUT2D eigenvalue weighted by Gasteiger charge is 2.05. The lowest BCUT2D eigenvalue weighted by molar-refractivity contribution is -0.384. The second-order valence-electron chi connectivity index (χ2n) is 5.70. The summed E-state index contributed by atoms with van der Waals surface area (Å²) in [4.78, 5) is 19.1. The van der Waals surface area contributed by atoms with Crippen LogP contribution in [0.15, 0.2) is 76.5 Å². The van der Waals surface area contributed by atoms with Crippen molar-refractivity contribution >= 4 is 11.6 Å². The molecule has 0 amide bonds. The summed E-state index contributed by atoms with van der Waals surface area (Å²) in [6, 6.07) is 15.8. The number of pyridine rings is 1. The first-order valence-electron chi connectivity index (χ1n) is 8.38. The van der Waals surface area contributed by atoms with Gasteiger partial charge < -0.3 is 15.1 Å². The largest absolute Gasteiger partial charge is 0.467 e. The van der Waals surface area contributed by atoms with E-state index < -0.39 is 4.92 Å². The summed E-state index contributed by atoms with van der Waals surface area (Å²) in [6.07, 6.45) is 3.35. The summed E-state index contributed by atoms with van der Waals surface area (Å²) in [6.45, 7) is 1.39. The number of aliphatic imine (C=N–C) groups is 1. The van der Waals surface area contributed by atoms with Crippen LogP contribution in [-0.2, 0) is 19.6 Å².